The zero-order valence-electron chi connectivity index (χ0n) is 10.7. The van der Waals surface area contributed by atoms with Crippen molar-refractivity contribution >= 4 is 0 Å². The van der Waals surface area contributed by atoms with Gasteiger partial charge >= 0.3 is 0 Å². The summed E-state index contributed by atoms with van der Waals surface area (Å²) >= 11 is 0. The molecule has 2 aliphatic rings. The second-order valence-corrected chi connectivity index (χ2v) is 5.48. The van der Waals surface area contributed by atoms with Gasteiger partial charge in [0.15, 0.2) is 0 Å². The highest BCUT2D eigenvalue weighted by atomic mass is 15.3. The molecule has 3 heteroatoms. The second-order valence-electron chi connectivity index (χ2n) is 5.48. The minimum absolute atomic E-state index is 0.720. The van der Waals surface area contributed by atoms with Gasteiger partial charge in [0, 0.05) is 32.2 Å². The predicted molar refractivity (Wildman–Crippen MR) is 68.5 cm³/mol. The normalized spacial score (nSPS) is 29.2. The van der Waals surface area contributed by atoms with Crippen molar-refractivity contribution in [3.05, 3.63) is 0 Å². The molecule has 0 aromatic rings. The Morgan fingerprint density at radius 3 is 2.94 bits per heavy atom. The highest BCUT2D eigenvalue weighted by Gasteiger charge is 2.30. The molecule has 0 aromatic heterocycles. The lowest BCUT2D eigenvalue weighted by molar-refractivity contribution is 0.0912. The van der Waals surface area contributed by atoms with E-state index in [1.165, 1.54) is 58.4 Å². The molecule has 2 rings (SSSR count). The van der Waals surface area contributed by atoms with Crippen LogP contribution >= 0.6 is 0 Å². The average Bonchev–Trinajstić information content (AvgIpc) is 2.75. The summed E-state index contributed by atoms with van der Waals surface area (Å²) in [6.45, 7) is 9.53. The van der Waals surface area contributed by atoms with E-state index < -0.39 is 0 Å². The second kappa shape index (κ2) is 5.99. The van der Waals surface area contributed by atoms with Crippen LogP contribution in [0.3, 0.4) is 0 Å². The van der Waals surface area contributed by atoms with E-state index in [9.17, 15) is 0 Å². The largest absolute Gasteiger partial charge is 0.330 e. The molecule has 0 radical (unpaired) electrons. The van der Waals surface area contributed by atoms with Crippen molar-refractivity contribution in [2.75, 3.05) is 39.3 Å². The third-order valence-corrected chi connectivity index (χ3v) is 4.22. The van der Waals surface area contributed by atoms with E-state index in [0.29, 0.717) is 0 Å². The van der Waals surface area contributed by atoms with Crippen molar-refractivity contribution < 1.29 is 0 Å². The van der Waals surface area contributed by atoms with Gasteiger partial charge in [-0.05, 0) is 38.3 Å². The van der Waals surface area contributed by atoms with Crippen LogP contribution in [0.4, 0.5) is 0 Å². The van der Waals surface area contributed by atoms with Gasteiger partial charge < -0.3 is 10.6 Å². The first-order valence-corrected chi connectivity index (χ1v) is 7.00. The quantitative estimate of drug-likeness (QED) is 0.761. The Morgan fingerprint density at radius 2 is 2.19 bits per heavy atom. The topological polar surface area (TPSA) is 32.5 Å². The van der Waals surface area contributed by atoms with Gasteiger partial charge in [-0.2, -0.15) is 0 Å². The third kappa shape index (κ3) is 2.96. The predicted octanol–water partition coefficient (Wildman–Crippen LogP) is 1.14. The number of hydrogen-bond acceptors (Lipinski definition) is 3. The first-order chi connectivity index (χ1) is 7.83. The highest BCUT2D eigenvalue weighted by molar-refractivity contribution is 4.87. The molecular formula is C13H27N3. The molecule has 16 heavy (non-hydrogen) atoms. The summed E-state index contributed by atoms with van der Waals surface area (Å²) in [7, 11) is 0. The molecule has 2 fully saturated rings. The summed E-state index contributed by atoms with van der Waals surface area (Å²) in [5.74, 6) is 0.720. The molecule has 2 saturated heterocycles. The zero-order chi connectivity index (χ0) is 11.4. The summed E-state index contributed by atoms with van der Waals surface area (Å²) in [5.41, 5.74) is 5.85. The monoisotopic (exact) mass is 225 g/mol. The Hall–Kier alpha value is -0.120. The maximum atomic E-state index is 5.85. The van der Waals surface area contributed by atoms with Crippen LogP contribution in [0.2, 0.25) is 0 Å². The van der Waals surface area contributed by atoms with Gasteiger partial charge in [-0.15, -0.1) is 0 Å². The van der Waals surface area contributed by atoms with Crippen LogP contribution in [0.1, 0.15) is 32.6 Å². The lowest BCUT2D eigenvalue weighted by Crippen LogP contribution is -2.51. The van der Waals surface area contributed by atoms with Crippen LogP contribution in [0.5, 0.6) is 0 Å². The van der Waals surface area contributed by atoms with Gasteiger partial charge in [0.2, 0.25) is 0 Å². The minimum atomic E-state index is 0.720. The first kappa shape index (κ1) is 12.3. The van der Waals surface area contributed by atoms with E-state index in [1.807, 2.05) is 0 Å². The number of fused-ring (bicyclic) bond motifs is 1. The fourth-order valence-electron chi connectivity index (χ4n) is 3.28. The van der Waals surface area contributed by atoms with Gasteiger partial charge in [0.1, 0.15) is 0 Å². The van der Waals surface area contributed by atoms with E-state index in [2.05, 4.69) is 16.7 Å². The molecule has 0 amide bonds. The third-order valence-electron chi connectivity index (χ3n) is 4.22. The molecule has 2 aliphatic heterocycles. The van der Waals surface area contributed by atoms with Crippen molar-refractivity contribution in [2.24, 2.45) is 11.7 Å². The Balaban J connectivity index is 1.77. The SMILES string of the molecule is CCCC(CN)CN1CCN2CCCC2C1. The Labute approximate surface area is 100.0 Å². The number of hydrogen-bond donors (Lipinski definition) is 1. The summed E-state index contributed by atoms with van der Waals surface area (Å²) in [4.78, 5) is 5.33. The molecular weight excluding hydrogens is 198 g/mol. The molecule has 2 unspecified atom stereocenters. The average molecular weight is 225 g/mol. The van der Waals surface area contributed by atoms with E-state index >= 15 is 0 Å². The Kier molecular flexibility index (Phi) is 4.62. The summed E-state index contributed by atoms with van der Waals surface area (Å²) in [6.07, 6.45) is 5.39. The van der Waals surface area contributed by atoms with E-state index in [1.54, 1.807) is 0 Å². The van der Waals surface area contributed by atoms with Gasteiger partial charge in [-0.1, -0.05) is 13.3 Å². The minimum Gasteiger partial charge on any atom is -0.330 e. The standard InChI is InChI=1S/C13H27N3/c1-2-4-12(9-14)10-15-7-8-16-6-3-5-13(16)11-15/h12-13H,2-11,14H2,1H3. The van der Waals surface area contributed by atoms with Crippen molar-refractivity contribution in [3.63, 3.8) is 0 Å². The number of rotatable bonds is 5. The molecule has 0 spiro atoms. The van der Waals surface area contributed by atoms with Crippen LogP contribution in [0, 0.1) is 5.92 Å². The van der Waals surface area contributed by atoms with Gasteiger partial charge in [0.25, 0.3) is 0 Å². The fraction of sp³-hybridized carbons (Fsp3) is 1.00. The van der Waals surface area contributed by atoms with Crippen LogP contribution in [0.25, 0.3) is 0 Å². The molecule has 2 N–H and O–H groups in total. The fourth-order valence-corrected chi connectivity index (χ4v) is 3.28. The molecule has 0 aliphatic carbocycles. The lowest BCUT2D eigenvalue weighted by atomic mass is 10.0. The van der Waals surface area contributed by atoms with E-state index in [4.69, 9.17) is 5.73 Å². The van der Waals surface area contributed by atoms with Gasteiger partial charge in [-0.25, -0.2) is 0 Å². The molecule has 2 heterocycles. The Morgan fingerprint density at radius 1 is 1.31 bits per heavy atom. The van der Waals surface area contributed by atoms with Crippen molar-refractivity contribution in [3.8, 4) is 0 Å². The van der Waals surface area contributed by atoms with Crippen molar-refractivity contribution in [1.29, 1.82) is 0 Å². The summed E-state index contributed by atoms with van der Waals surface area (Å²) in [5, 5.41) is 0. The molecule has 0 saturated carbocycles. The smallest absolute Gasteiger partial charge is 0.0224 e. The van der Waals surface area contributed by atoms with E-state index in [0.717, 1.165) is 18.5 Å². The number of nitrogens with two attached hydrogens (primary N) is 1. The lowest BCUT2D eigenvalue weighted by Gasteiger charge is -2.38. The van der Waals surface area contributed by atoms with Gasteiger partial charge in [0.05, 0.1) is 0 Å². The van der Waals surface area contributed by atoms with E-state index in [-0.39, 0.29) is 0 Å². The summed E-state index contributed by atoms with van der Waals surface area (Å²) < 4.78 is 0. The molecule has 2 atom stereocenters. The molecule has 0 bridgehead atoms. The number of nitrogens with zero attached hydrogens (tertiary/aromatic N) is 2. The maximum Gasteiger partial charge on any atom is 0.0224 e. The molecule has 94 valence electrons. The first-order valence-electron chi connectivity index (χ1n) is 7.00. The molecule has 0 aromatic carbocycles. The summed E-state index contributed by atoms with van der Waals surface area (Å²) in [6, 6.07) is 0.855. The van der Waals surface area contributed by atoms with Crippen LogP contribution in [0.15, 0.2) is 0 Å². The highest BCUT2D eigenvalue weighted by Crippen LogP contribution is 2.22. The zero-order valence-corrected chi connectivity index (χ0v) is 10.7. The Bertz CT molecular complexity index is 207. The van der Waals surface area contributed by atoms with Crippen molar-refractivity contribution in [2.45, 2.75) is 38.6 Å². The maximum absolute atomic E-state index is 5.85. The van der Waals surface area contributed by atoms with Crippen LogP contribution < -0.4 is 5.73 Å². The molecule has 3 nitrogen and oxygen atoms in total. The van der Waals surface area contributed by atoms with Gasteiger partial charge in [-0.3, -0.25) is 4.90 Å². The van der Waals surface area contributed by atoms with Crippen LogP contribution in [-0.4, -0.2) is 55.1 Å². The van der Waals surface area contributed by atoms with Crippen LogP contribution in [-0.2, 0) is 0 Å². The number of piperazine rings is 1. The van der Waals surface area contributed by atoms with Crippen molar-refractivity contribution in [1.82, 2.24) is 9.80 Å².